The van der Waals surface area contributed by atoms with E-state index in [0.717, 1.165) is 0 Å². The van der Waals surface area contributed by atoms with Crippen molar-refractivity contribution in [2.75, 3.05) is 30.4 Å². The Morgan fingerprint density at radius 1 is 1.16 bits per heavy atom. The Morgan fingerprint density at radius 2 is 1.94 bits per heavy atom. The van der Waals surface area contributed by atoms with E-state index >= 15 is 0 Å². The van der Waals surface area contributed by atoms with Gasteiger partial charge in [0.1, 0.15) is 18.2 Å². The average Bonchev–Trinajstić information content (AvgIpc) is 2.80. The average molecular weight is 522 g/mol. The molecule has 1 heterocycles. The molecule has 0 amide bonds. The van der Waals surface area contributed by atoms with Crippen LogP contribution in [0.25, 0.3) is 0 Å². The molecule has 0 aliphatic carbocycles. The Morgan fingerprint density at radius 3 is 2.69 bits per heavy atom. The van der Waals surface area contributed by atoms with Crippen LogP contribution >= 0.6 is 15.9 Å². The van der Waals surface area contributed by atoms with Gasteiger partial charge >= 0.3 is 0 Å². The maximum atomic E-state index is 12.6. The monoisotopic (exact) mass is 521 g/mol. The molecule has 0 spiro atoms. The summed E-state index contributed by atoms with van der Waals surface area (Å²) < 4.78 is 34.0. The lowest BCUT2D eigenvalue weighted by Crippen LogP contribution is -2.28. The SMILES string of the molecule is C[C@H](CO)Nc1nc(Nc2cccc(S(=O)(=O)NCCOc3ccccc3)c2)ncc1Br. The molecular formula is C21H24BrN5O4S. The summed E-state index contributed by atoms with van der Waals surface area (Å²) in [5.41, 5.74) is 0.511. The van der Waals surface area contributed by atoms with Crippen LogP contribution in [-0.4, -0.2) is 49.3 Å². The van der Waals surface area contributed by atoms with Gasteiger partial charge in [0, 0.05) is 24.5 Å². The molecule has 2 aromatic carbocycles. The zero-order valence-electron chi connectivity index (χ0n) is 17.3. The van der Waals surface area contributed by atoms with Crippen molar-refractivity contribution in [1.29, 1.82) is 0 Å². The summed E-state index contributed by atoms with van der Waals surface area (Å²) in [7, 11) is -3.72. The van der Waals surface area contributed by atoms with Gasteiger partial charge < -0.3 is 20.5 Å². The first-order valence-electron chi connectivity index (χ1n) is 9.82. The molecule has 32 heavy (non-hydrogen) atoms. The van der Waals surface area contributed by atoms with Crippen LogP contribution in [0.4, 0.5) is 17.5 Å². The Balaban J connectivity index is 1.63. The first kappa shape index (κ1) is 23.9. The second-order valence-corrected chi connectivity index (χ2v) is 9.45. The zero-order valence-corrected chi connectivity index (χ0v) is 19.7. The predicted molar refractivity (Wildman–Crippen MR) is 127 cm³/mol. The van der Waals surface area contributed by atoms with Crippen molar-refractivity contribution in [3.63, 3.8) is 0 Å². The molecule has 0 fully saturated rings. The molecule has 170 valence electrons. The highest BCUT2D eigenvalue weighted by Crippen LogP contribution is 2.23. The van der Waals surface area contributed by atoms with Crippen molar-refractivity contribution in [1.82, 2.24) is 14.7 Å². The fourth-order valence-electron chi connectivity index (χ4n) is 2.62. The quantitative estimate of drug-likeness (QED) is 0.283. The molecule has 0 unspecified atom stereocenters. The molecule has 3 rings (SSSR count). The van der Waals surface area contributed by atoms with E-state index in [4.69, 9.17) is 4.74 Å². The fourth-order valence-corrected chi connectivity index (χ4v) is 3.99. The number of halogens is 1. The lowest BCUT2D eigenvalue weighted by Gasteiger charge is -2.14. The Kier molecular flexibility index (Phi) is 8.39. The molecule has 4 N–H and O–H groups in total. The minimum atomic E-state index is -3.72. The molecule has 11 heteroatoms. The second kappa shape index (κ2) is 11.2. The number of hydrogen-bond donors (Lipinski definition) is 4. The maximum Gasteiger partial charge on any atom is 0.240 e. The van der Waals surface area contributed by atoms with Gasteiger partial charge in [0.05, 0.1) is 16.0 Å². The summed E-state index contributed by atoms with van der Waals surface area (Å²) in [6, 6.07) is 15.3. The number of para-hydroxylation sites is 1. The number of nitrogens with zero attached hydrogens (tertiary/aromatic N) is 2. The number of rotatable bonds is 11. The Bertz CT molecular complexity index is 1130. The van der Waals surface area contributed by atoms with E-state index in [0.29, 0.717) is 21.7 Å². The van der Waals surface area contributed by atoms with Crippen LogP contribution < -0.4 is 20.1 Å². The number of sulfonamides is 1. The number of nitrogens with one attached hydrogen (secondary N) is 3. The first-order chi connectivity index (χ1) is 15.4. The number of hydrogen-bond acceptors (Lipinski definition) is 8. The van der Waals surface area contributed by atoms with Crippen LogP contribution in [0.1, 0.15) is 6.92 Å². The lowest BCUT2D eigenvalue weighted by atomic mass is 10.3. The number of aliphatic hydroxyl groups excluding tert-OH is 1. The molecule has 0 aliphatic rings. The number of benzene rings is 2. The van der Waals surface area contributed by atoms with E-state index < -0.39 is 10.0 Å². The molecule has 1 aromatic heterocycles. The summed E-state index contributed by atoms with van der Waals surface area (Å²) in [6.45, 7) is 2.09. The van der Waals surface area contributed by atoms with Gasteiger partial charge in [0.2, 0.25) is 16.0 Å². The summed E-state index contributed by atoms with van der Waals surface area (Å²) in [6.07, 6.45) is 1.57. The van der Waals surface area contributed by atoms with Crippen molar-refractivity contribution >= 4 is 43.4 Å². The molecule has 1 atom stereocenters. The molecular weight excluding hydrogens is 498 g/mol. The standard InChI is InChI=1S/C21H24BrN5O4S/c1-15(14-28)25-20-19(22)13-23-21(27-20)26-16-6-5-9-18(12-16)32(29,30)24-10-11-31-17-7-3-2-4-8-17/h2-9,12-13,15,24,28H,10-11,14H2,1H3,(H2,23,25,26,27)/t15-/m1/s1. The molecule has 0 saturated heterocycles. The Hall–Kier alpha value is -2.73. The van der Waals surface area contributed by atoms with E-state index in [2.05, 4.69) is 41.3 Å². The smallest absolute Gasteiger partial charge is 0.240 e. The summed E-state index contributed by atoms with van der Waals surface area (Å²) >= 11 is 3.36. The van der Waals surface area contributed by atoms with Gasteiger partial charge in [-0.3, -0.25) is 0 Å². The van der Waals surface area contributed by atoms with Gasteiger partial charge in [-0.05, 0) is 53.2 Å². The minimum absolute atomic E-state index is 0.0531. The normalized spacial score (nSPS) is 12.2. The van der Waals surface area contributed by atoms with E-state index in [-0.39, 0.29) is 36.6 Å². The van der Waals surface area contributed by atoms with Gasteiger partial charge in [-0.25, -0.2) is 18.1 Å². The molecule has 9 nitrogen and oxygen atoms in total. The van der Waals surface area contributed by atoms with E-state index in [1.165, 1.54) is 12.1 Å². The molecule has 0 saturated carbocycles. The zero-order chi connectivity index (χ0) is 23.0. The van der Waals surface area contributed by atoms with Gasteiger partial charge in [-0.2, -0.15) is 4.98 Å². The lowest BCUT2D eigenvalue weighted by molar-refractivity contribution is 0.281. The highest BCUT2D eigenvalue weighted by Gasteiger charge is 2.15. The van der Waals surface area contributed by atoms with Crippen LogP contribution in [0.15, 0.2) is 70.2 Å². The van der Waals surface area contributed by atoms with Crippen molar-refractivity contribution in [2.24, 2.45) is 0 Å². The summed E-state index contributed by atoms with van der Waals surface area (Å²) in [5.74, 6) is 1.46. The third-order valence-electron chi connectivity index (χ3n) is 4.21. The number of aliphatic hydroxyl groups is 1. The van der Waals surface area contributed by atoms with E-state index in [9.17, 15) is 13.5 Å². The van der Waals surface area contributed by atoms with Crippen LogP contribution in [0, 0.1) is 0 Å². The van der Waals surface area contributed by atoms with Crippen molar-refractivity contribution in [2.45, 2.75) is 17.9 Å². The third kappa shape index (κ3) is 6.89. The largest absolute Gasteiger partial charge is 0.492 e. The summed E-state index contributed by atoms with van der Waals surface area (Å²) in [5, 5.41) is 15.3. The Labute approximate surface area is 195 Å². The van der Waals surface area contributed by atoms with Crippen LogP contribution in [0.5, 0.6) is 5.75 Å². The van der Waals surface area contributed by atoms with Gasteiger partial charge in [-0.1, -0.05) is 24.3 Å². The van der Waals surface area contributed by atoms with Gasteiger partial charge in [0.25, 0.3) is 0 Å². The molecule has 0 aliphatic heterocycles. The molecule has 0 bridgehead atoms. The molecule has 3 aromatic rings. The second-order valence-electron chi connectivity index (χ2n) is 6.83. The number of anilines is 3. The third-order valence-corrected chi connectivity index (χ3v) is 6.25. The highest BCUT2D eigenvalue weighted by atomic mass is 79.9. The predicted octanol–water partition coefficient (Wildman–Crippen LogP) is 3.13. The van der Waals surface area contributed by atoms with Crippen LogP contribution in [0.2, 0.25) is 0 Å². The van der Waals surface area contributed by atoms with Crippen molar-refractivity contribution in [3.05, 3.63) is 65.3 Å². The molecule has 0 radical (unpaired) electrons. The minimum Gasteiger partial charge on any atom is -0.492 e. The van der Waals surface area contributed by atoms with E-state index in [1.807, 2.05) is 25.1 Å². The highest BCUT2D eigenvalue weighted by molar-refractivity contribution is 9.10. The van der Waals surface area contributed by atoms with Gasteiger partial charge in [-0.15, -0.1) is 0 Å². The maximum absolute atomic E-state index is 12.6. The number of ether oxygens (including phenoxy) is 1. The topological polar surface area (TPSA) is 125 Å². The summed E-state index contributed by atoms with van der Waals surface area (Å²) in [4.78, 5) is 8.66. The van der Waals surface area contributed by atoms with Crippen LogP contribution in [-0.2, 0) is 10.0 Å². The van der Waals surface area contributed by atoms with Crippen molar-refractivity contribution < 1.29 is 18.3 Å². The first-order valence-corrected chi connectivity index (χ1v) is 12.1. The van der Waals surface area contributed by atoms with Crippen LogP contribution in [0.3, 0.4) is 0 Å². The van der Waals surface area contributed by atoms with E-state index in [1.54, 1.807) is 30.5 Å². The van der Waals surface area contributed by atoms with Crippen molar-refractivity contribution in [3.8, 4) is 5.75 Å². The van der Waals surface area contributed by atoms with Gasteiger partial charge in [0.15, 0.2) is 0 Å². The fraction of sp³-hybridized carbons (Fsp3) is 0.238. The number of aromatic nitrogens is 2.